The minimum absolute atomic E-state index is 0.0997. The molecule has 0 bridgehead atoms. The van der Waals surface area contributed by atoms with Gasteiger partial charge in [-0.1, -0.05) is 17.4 Å². The number of halogens is 1. The lowest BCUT2D eigenvalue weighted by Crippen LogP contribution is -2.32. The summed E-state index contributed by atoms with van der Waals surface area (Å²) in [5.74, 6) is -1.22. The number of carbonyl (C=O) groups excluding carboxylic acids is 1. The zero-order valence-corrected chi connectivity index (χ0v) is 16.0. The SMILES string of the molecule is Cc1cc(C)c2nc(NC(=O)C(C)S(=O)(=O)c3ccc(F)cc3)sc2c1. The van der Waals surface area contributed by atoms with Gasteiger partial charge in [0.1, 0.15) is 11.1 Å². The van der Waals surface area contributed by atoms with Crippen LogP contribution in [0.2, 0.25) is 0 Å². The van der Waals surface area contributed by atoms with E-state index in [2.05, 4.69) is 10.3 Å². The van der Waals surface area contributed by atoms with E-state index in [-0.39, 0.29) is 4.90 Å². The van der Waals surface area contributed by atoms with Gasteiger partial charge in [-0.2, -0.15) is 0 Å². The molecule has 0 radical (unpaired) electrons. The van der Waals surface area contributed by atoms with Gasteiger partial charge in [0.15, 0.2) is 15.0 Å². The first-order chi connectivity index (χ1) is 12.2. The zero-order chi connectivity index (χ0) is 19.1. The molecular formula is C18H17FN2O3S2. The smallest absolute Gasteiger partial charge is 0.244 e. The Morgan fingerprint density at radius 2 is 1.85 bits per heavy atom. The van der Waals surface area contributed by atoms with E-state index in [1.54, 1.807) is 0 Å². The first-order valence-electron chi connectivity index (χ1n) is 7.86. The maximum atomic E-state index is 13.0. The van der Waals surface area contributed by atoms with E-state index in [0.29, 0.717) is 5.13 Å². The number of thiazole rings is 1. The molecule has 0 aliphatic carbocycles. The van der Waals surface area contributed by atoms with E-state index in [0.717, 1.165) is 45.6 Å². The summed E-state index contributed by atoms with van der Waals surface area (Å²) in [6, 6.07) is 8.37. The summed E-state index contributed by atoms with van der Waals surface area (Å²) in [5, 5.41) is 1.60. The maximum Gasteiger partial charge on any atom is 0.244 e. The van der Waals surface area contributed by atoms with E-state index in [4.69, 9.17) is 0 Å². The number of aromatic nitrogens is 1. The molecule has 8 heteroatoms. The molecule has 5 nitrogen and oxygen atoms in total. The highest BCUT2D eigenvalue weighted by Crippen LogP contribution is 2.29. The number of sulfone groups is 1. The lowest BCUT2D eigenvalue weighted by Gasteiger charge is -2.12. The number of nitrogens with zero attached hydrogens (tertiary/aromatic N) is 1. The minimum atomic E-state index is -3.92. The van der Waals surface area contributed by atoms with Crippen molar-refractivity contribution in [3.05, 3.63) is 53.3 Å². The molecule has 0 aliphatic heterocycles. The molecule has 1 aromatic heterocycles. The van der Waals surface area contributed by atoms with Crippen molar-refractivity contribution in [1.29, 1.82) is 0 Å². The second-order valence-corrected chi connectivity index (χ2v) is 9.38. The first-order valence-corrected chi connectivity index (χ1v) is 10.2. The van der Waals surface area contributed by atoms with E-state index in [1.165, 1.54) is 18.3 Å². The molecule has 1 atom stereocenters. The van der Waals surface area contributed by atoms with Gasteiger partial charge in [-0.05, 0) is 62.2 Å². The number of nitrogens with one attached hydrogen (secondary N) is 1. The van der Waals surface area contributed by atoms with Crippen LogP contribution in [0.3, 0.4) is 0 Å². The van der Waals surface area contributed by atoms with Crippen LogP contribution >= 0.6 is 11.3 Å². The monoisotopic (exact) mass is 392 g/mol. The molecule has 0 aliphatic rings. The number of hydrogen-bond donors (Lipinski definition) is 1. The van der Waals surface area contributed by atoms with Crippen molar-refractivity contribution in [2.24, 2.45) is 0 Å². The third-order valence-electron chi connectivity index (χ3n) is 4.04. The fourth-order valence-electron chi connectivity index (χ4n) is 2.60. The van der Waals surface area contributed by atoms with Crippen LogP contribution in [0.1, 0.15) is 18.1 Å². The molecule has 26 heavy (non-hydrogen) atoms. The average molecular weight is 392 g/mol. The minimum Gasteiger partial charge on any atom is -0.301 e. The molecule has 2 aromatic carbocycles. The predicted octanol–water partition coefficient (Wildman–Crippen LogP) is 3.85. The number of amides is 1. The van der Waals surface area contributed by atoms with Gasteiger partial charge in [-0.3, -0.25) is 4.79 Å². The predicted molar refractivity (Wildman–Crippen MR) is 101 cm³/mol. The van der Waals surface area contributed by atoms with Gasteiger partial charge in [0.05, 0.1) is 15.1 Å². The van der Waals surface area contributed by atoms with Crippen LogP contribution in [0.25, 0.3) is 10.2 Å². The van der Waals surface area contributed by atoms with Crippen molar-refractivity contribution in [1.82, 2.24) is 4.98 Å². The summed E-state index contributed by atoms with van der Waals surface area (Å²) in [6.07, 6.45) is 0. The van der Waals surface area contributed by atoms with Crippen molar-refractivity contribution in [3.8, 4) is 0 Å². The van der Waals surface area contributed by atoms with Gasteiger partial charge in [0.25, 0.3) is 0 Å². The topological polar surface area (TPSA) is 76.1 Å². The molecule has 0 saturated carbocycles. The van der Waals surface area contributed by atoms with Gasteiger partial charge in [-0.15, -0.1) is 0 Å². The fraction of sp³-hybridized carbons (Fsp3) is 0.222. The van der Waals surface area contributed by atoms with Crippen LogP contribution in [-0.4, -0.2) is 24.6 Å². The van der Waals surface area contributed by atoms with Crippen molar-refractivity contribution in [3.63, 3.8) is 0 Å². The van der Waals surface area contributed by atoms with E-state index in [1.807, 2.05) is 26.0 Å². The summed E-state index contributed by atoms with van der Waals surface area (Å²) in [6.45, 7) is 5.21. The Bertz CT molecular complexity index is 1090. The summed E-state index contributed by atoms with van der Waals surface area (Å²) < 4.78 is 39.0. The second-order valence-electron chi connectivity index (χ2n) is 6.08. The molecule has 1 unspecified atom stereocenters. The van der Waals surface area contributed by atoms with Gasteiger partial charge in [0.2, 0.25) is 5.91 Å². The quantitative estimate of drug-likeness (QED) is 0.684. The number of fused-ring (bicyclic) bond motifs is 1. The summed E-state index contributed by atoms with van der Waals surface area (Å²) >= 11 is 1.29. The lowest BCUT2D eigenvalue weighted by atomic mass is 10.1. The van der Waals surface area contributed by atoms with Gasteiger partial charge < -0.3 is 5.32 Å². The van der Waals surface area contributed by atoms with Crippen molar-refractivity contribution in [2.45, 2.75) is 30.9 Å². The van der Waals surface area contributed by atoms with E-state index < -0.39 is 26.8 Å². The van der Waals surface area contributed by atoms with Crippen LogP contribution in [0.15, 0.2) is 41.3 Å². The highest BCUT2D eigenvalue weighted by atomic mass is 32.2. The van der Waals surface area contributed by atoms with Gasteiger partial charge >= 0.3 is 0 Å². The fourth-order valence-corrected chi connectivity index (χ4v) is 4.91. The Labute approximate surface area is 154 Å². The molecule has 136 valence electrons. The third kappa shape index (κ3) is 3.47. The summed E-state index contributed by atoms with van der Waals surface area (Å²) in [7, 11) is -3.92. The highest BCUT2D eigenvalue weighted by Gasteiger charge is 2.30. The largest absolute Gasteiger partial charge is 0.301 e. The number of rotatable bonds is 4. The molecule has 1 N–H and O–H groups in total. The Morgan fingerprint density at radius 3 is 2.50 bits per heavy atom. The highest BCUT2D eigenvalue weighted by molar-refractivity contribution is 7.92. The molecule has 0 spiro atoms. The van der Waals surface area contributed by atoms with Crippen LogP contribution < -0.4 is 5.32 Å². The first kappa shape index (κ1) is 18.5. The Morgan fingerprint density at radius 1 is 1.19 bits per heavy atom. The maximum absolute atomic E-state index is 13.0. The number of carbonyl (C=O) groups is 1. The number of aryl methyl sites for hydroxylation is 2. The number of benzene rings is 2. The standard InChI is InChI=1S/C18H17FN2O3S2/c1-10-8-11(2)16-15(9-10)25-18(20-16)21-17(22)12(3)26(23,24)14-6-4-13(19)5-7-14/h4-9,12H,1-3H3,(H,20,21,22). The molecule has 3 rings (SSSR count). The average Bonchev–Trinajstić information content (AvgIpc) is 2.97. The van der Waals surface area contributed by atoms with Crippen LogP contribution in [0, 0.1) is 19.7 Å². The molecule has 1 heterocycles. The summed E-state index contributed by atoms with van der Waals surface area (Å²) in [4.78, 5) is 16.7. The van der Waals surface area contributed by atoms with Gasteiger partial charge in [-0.25, -0.2) is 17.8 Å². The number of hydrogen-bond acceptors (Lipinski definition) is 5. The Hall–Kier alpha value is -2.32. The molecule has 3 aromatic rings. The van der Waals surface area contributed by atoms with Crippen molar-refractivity contribution >= 4 is 42.4 Å². The second kappa shape index (κ2) is 6.77. The van der Waals surface area contributed by atoms with Crippen LogP contribution in [0.4, 0.5) is 9.52 Å². The van der Waals surface area contributed by atoms with Crippen LogP contribution in [-0.2, 0) is 14.6 Å². The zero-order valence-electron chi connectivity index (χ0n) is 14.4. The lowest BCUT2D eigenvalue weighted by molar-refractivity contribution is -0.115. The molecule has 0 saturated heterocycles. The Kier molecular flexibility index (Phi) is 4.81. The van der Waals surface area contributed by atoms with Crippen molar-refractivity contribution < 1.29 is 17.6 Å². The van der Waals surface area contributed by atoms with E-state index in [9.17, 15) is 17.6 Å². The number of anilines is 1. The van der Waals surface area contributed by atoms with Gasteiger partial charge in [0, 0.05) is 0 Å². The molecular weight excluding hydrogens is 375 g/mol. The van der Waals surface area contributed by atoms with Crippen molar-refractivity contribution in [2.75, 3.05) is 5.32 Å². The Balaban J connectivity index is 1.85. The third-order valence-corrected chi connectivity index (χ3v) is 7.03. The van der Waals surface area contributed by atoms with Crippen LogP contribution in [0.5, 0.6) is 0 Å². The normalized spacial score (nSPS) is 12.9. The molecule has 1 amide bonds. The molecule has 0 fully saturated rings. The summed E-state index contributed by atoms with van der Waals surface area (Å²) in [5.41, 5.74) is 2.86. The van der Waals surface area contributed by atoms with E-state index >= 15 is 0 Å².